The monoisotopic (exact) mass is 395 g/mol. The molecular formula is C16H15F2N5O5. The molecule has 0 saturated heterocycles. The van der Waals surface area contributed by atoms with Crippen molar-refractivity contribution >= 4 is 5.69 Å². The van der Waals surface area contributed by atoms with E-state index in [1.165, 1.54) is 36.9 Å². The van der Waals surface area contributed by atoms with E-state index in [1.807, 2.05) is 0 Å². The predicted octanol–water partition coefficient (Wildman–Crippen LogP) is 3.12. The molecule has 0 atom stereocenters. The zero-order valence-corrected chi connectivity index (χ0v) is 15.0. The van der Waals surface area contributed by atoms with E-state index >= 15 is 0 Å². The highest BCUT2D eigenvalue weighted by molar-refractivity contribution is 5.59. The Balaban J connectivity index is 1.85. The van der Waals surface area contributed by atoms with Crippen LogP contribution in [0.4, 0.5) is 14.5 Å². The SMILES string of the molecule is COc1cc(-c2nnc(Cn3nc(C)c([N+](=O)[O-])c3C)o2)ccc1OC(F)F. The number of hydrogen-bond donors (Lipinski definition) is 0. The molecule has 2 aromatic heterocycles. The molecule has 3 aromatic rings. The standard InChI is InChI=1S/C16H15F2N5O5/c1-8-14(23(24)25)9(2)22(21-8)7-13-19-20-15(28-13)10-4-5-11(27-16(17)18)12(6-10)26-3/h4-6,16H,7H2,1-3H3. The normalized spacial score (nSPS) is 11.1. The molecule has 0 fully saturated rings. The number of nitro groups is 1. The zero-order valence-electron chi connectivity index (χ0n) is 15.0. The summed E-state index contributed by atoms with van der Waals surface area (Å²) in [4.78, 5) is 10.6. The minimum absolute atomic E-state index is 0.0389. The molecule has 0 amide bonds. The average molecular weight is 395 g/mol. The number of aryl methyl sites for hydroxylation is 1. The van der Waals surface area contributed by atoms with Crippen LogP contribution in [0, 0.1) is 24.0 Å². The number of alkyl halides is 2. The number of benzene rings is 1. The molecule has 0 bridgehead atoms. The van der Waals surface area contributed by atoms with Crippen molar-refractivity contribution in [2.45, 2.75) is 27.0 Å². The van der Waals surface area contributed by atoms with Gasteiger partial charge < -0.3 is 13.9 Å². The van der Waals surface area contributed by atoms with Crippen LogP contribution in [0.15, 0.2) is 22.6 Å². The number of halogens is 2. The van der Waals surface area contributed by atoms with E-state index in [0.717, 1.165) is 0 Å². The van der Waals surface area contributed by atoms with Gasteiger partial charge in [0.2, 0.25) is 11.8 Å². The largest absolute Gasteiger partial charge is 0.493 e. The minimum Gasteiger partial charge on any atom is -0.493 e. The molecule has 0 aliphatic carbocycles. The Bertz CT molecular complexity index is 1020. The maximum atomic E-state index is 12.4. The van der Waals surface area contributed by atoms with Crippen LogP contribution >= 0.6 is 0 Å². The second-order valence-corrected chi connectivity index (χ2v) is 5.68. The van der Waals surface area contributed by atoms with Gasteiger partial charge in [0.1, 0.15) is 17.9 Å². The van der Waals surface area contributed by atoms with Crippen LogP contribution in [0.3, 0.4) is 0 Å². The summed E-state index contributed by atoms with van der Waals surface area (Å²) in [5.74, 6) is 0.234. The highest BCUT2D eigenvalue weighted by Crippen LogP contribution is 2.33. The van der Waals surface area contributed by atoms with Gasteiger partial charge in [-0.2, -0.15) is 13.9 Å². The third-order valence-electron chi connectivity index (χ3n) is 3.90. The lowest BCUT2D eigenvalue weighted by molar-refractivity contribution is -0.386. The van der Waals surface area contributed by atoms with Crippen LogP contribution < -0.4 is 9.47 Å². The van der Waals surface area contributed by atoms with Crippen molar-refractivity contribution in [3.63, 3.8) is 0 Å². The first kappa shape index (κ1) is 19.2. The Hall–Kier alpha value is -3.57. The highest BCUT2D eigenvalue weighted by Gasteiger charge is 2.23. The Morgan fingerprint density at radius 2 is 2.04 bits per heavy atom. The van der Waals surface area contributed by atoms with Crippen molar-refractivity contribution in [1.82, 2.24) is 20.0 Å². The summed E-state index contributed by atoms with van der Waals surface area (Å²) in [6.07, 6.45) is 0. The lowest BCUT2D eigenvalue weighted by Crippen LogP contribution is -2.04. The molecule has 0 radical (unpaired) electrons. The van der Waals surface area contributed by atoms with Gasteiger partial charge >= 0.3 is 12.3 Å². The van der Waals surface area contributed by atoms with Crippen molar-refractivity contribution in [2.75, 3.05) is 7.11 Å². The van der Waals surface area contributed by atoms with Gasteiger partial charge in [-0.25, -0.2) is 0 Å². The van der Waals surface area contributed by atoms with Gasteiger partial charge in [0.25, 0.3) is 0 Å². The molecule has 3 rings (SSSR count). The number of rotatable bonds is 7. The second kappa shape index (κ2) is 7.58. The van der Waals surface area contributed by atoms with Gasteiger partial charge in [-0.15, -0.1) is 10.2 Å². The van der Waals surface area contributed by atoms with E-state index < -0.39 is 11.5 Å². The fourth-order valence-corrected chi connectivity index (χ4v) is 2.66. The summed E-state index contributed by atoms with van der Waals surface area (Å²) in [6, 6.07) is 4.18. The number of aromatic nitrogens is 4. The molecular weight excluding hydrogens is 380 g/mol. The first-order valence-electron chi connectivity index (χ1n) is 7.94. The summed E-state index contributed by atoms with van der Waals surface area (Å²) in [5, 5.41) is 23.0. The van der Waals surface area contributed by atoms with Crippen LogP contribution in [-0.2, 0) is 6.54 Å². The topological polar surface area (TPSA) is 118 Å². The smallest absolute Gasteiger partial charge is 0.387 e. The molecule has 0 N–H and O–H groups in total. The third-order valence-corrected chi connectivity index (χ3v) is 3.90. The van der Waals surface area contributed by atoms with Crippen LogP contribution in [0.25, 0.3) is 11.5 Å². The van der Waals surface area contributed by atoms with Crippen LogP contribution in [0.5, 0.6) is 11.5 Å². The number of nitrogens with zero attached hydrogens (tertiary/aromatic N) is 5. The van der Waals surface area contributed by atoms with Crippen molar-refractivity contribution < 1.29 is 27.6 Å². The van der Waals surface area contributed by atoms with Crippen molar-refractivity contribution in [1.29, 1.82) is 0 Å². The average Bonchev–Trinajstić information content (AvgIpc) is 3.19. The Morgan fingerprint density at radius 1 is 1.29 bits per heavy atom. The lowest BCUT2D eigenvalue weighted by atomic mass is 10.2. The fourth-order valence-electron chi connectivity index (χ4n) is 2.66. The van der Waals surface area contributed by atoms with Gasteiger partial charge in [-0.1, -0.05) is 0 Å². The maximum absolute atomic E-state index is 12.4. The first-order valence-corrected chi connectivity index (χ1v) is 7.94. The van der Waals surface area contributed by atoms with E-state index in [0.29, 0.717) is 11.3 Å². The molecule has 2 heterocycles. The Morgan fingerprint density at radius 3 is 2.64 bits per heavy atom. The van der Waals surface area contributed by atoms with E-state index in [9.17, 15) is 18.9 Å². The van der Waals surface area contributed by atoms with E-state index in [1.54, 1.807) is 6.92 Å². The quantitative estimate of drug-likeness (QED) is 0.442. The van der Waals surface area contributed by atoms with Crippen LogP contribution in [0.1, 0.15) is 17.3 Å². The third kappa shape index (κ3) is 3.75. The van der Waals surface area contributed by atoms with Crippen LogP contribution in [0.2, 0.25) is 0 Å². The van der Waals surface area contributed by atoms with Crippen LogP contribution in [-0.4, -0.2) is 38.6 Å². The van der Waals surface area contributed by atoms with Crippen molar-refractivity contribution in [2.24, 2.45) is 0 Å². The highest BCUT2D eigenvalue weighted by atomic mass is 19.3. The Labute approximate surface area is 156 Å². The van der Waals surface area contributed by atoms with Gasteiger partial charge in [0, 0.05) is 5.56 Å². The maximum Gasteiger partial charge on any atom is 0.387 e. The molecule has 0 aliphatic rings. The zero-order chi connectivity index (χ0) is 20.4. The molecule has 0 spiro atoms. The fraction of sp³-hybridized carbons (Fsp3) is 0.312. The van der Waals surface area contributed by atoms with E-state index in [2.05, 4.69) is 20.0 Å². The molecule has 0 unspecified atom stereocenters. The molecule has 12 heteroatoms. The summed E-state index contributed by atoms with van der Waals surface area (Å²) in [7, 11) is 1.31. The molecule has 0 saturated carbocycles. The van der Waals surface area contributed by atoms with Gasteiger partial charge in [-0.3, -0.25) is 14.8 Å². The summed E-state index contributed by atoms with van der Waals surface area (Å²) >= 11 is 0. The van der Waals surface area contributed by atoms with E-state index in [4.69, 9.17) is 9.15 Å². The predicted molar refractivity (Wildman–Crippen MR) is 90.4 cm³/mol. The molecule has 148 valence electrons. The minimum atomic E-state index is -2.99. The lowest BCUT2D eigenvalue weighted by Gasteiger charge is -2.10. The van der Waals surface area contributed by atoms with Crippen molar-refractivity contribution in [3.05, 3.63) is 45.6 Å². The number of ether oxygens (including phenoxy) is 2. The molecule has 1 aromatic carbocycles. The molecule has 0 aliphatic heterocycles. The summed E-state index contributed by atoms with van der Waals surface area (Å²) < 4.78 is 41.2. The van der Waals surface area contributed by atoms with Gasteiger partial charge in [-0.05, 0) is 32.0 Å². The van der Waals surface area contributed by atoms with Gasteiger partial charge in [0.05, 0.1) is 12.0 Å². The molecule has 28 heavy (non-hydrogen) atoms. The molecule has 10 nitrogen and oxygen atoms in total. The summed E-state index contributed by atoms with van der Waals surface area (Å²) in [5.41, 5.74) is 0.995. The van der Waals surface area contributed by atoms with E-state index in [-0.39, 0.29) is 41.2 Å². The summed E-state index contributed by atoms with van der Waals surface area (Å²) in [6.45, 7) is 0.162. The Kier molecular flexibility index (Phi) is 5.20. The van der Waals surface area contributed by atoms with Gasteiger partial charge in [0.15, 0.2) is 11.5 Å². The number of methoxy groups -OCH3 is 1. The van der Waals surface area contributed by atoms with Crippen molar-refractivity contribution in [3.8, 4) is 23.0 Å². The second-order valence-electron chi connectivity index (χ2n) is 5.68. The number of hydrogen-bond acceptors (Lipinski definition) is 8. The first-order chi connectivity index (χ1) is 13.3.